The minimum absolute atomic E-state index is 0.114. The Kier molecular flexibility index (Phi) is 4.57. The van der Waals surface area contributed by atoms with Crippen LogP contribution < -0.4 is 10.6 Å². The largest absolute Gasteiger partial charge is 0.396 e. The third-order valence-electron chi connectivity index (χ3n) is 3.00. The molecule has 2 rings (SSSR count). The monoisotopic (exact) mass is 354 g/mol. The van der Waals surface area contributed by atoms with Gasteiger partial charge in [-0.3, -0.25) is 4.79 Å². The molecule has 21 heavy (non-hydrogen) atoms. The Labute approximate surface area is 129 Å². The molecule has 3 nitrogen and oxygen atoms in total. The summed E-state index contributed by atoms with van der Waals surface area (Å²) >= 11 is 3.15. The summed E-state index contributed by atoms with van der Waals surface area (Å²) in [5.74, 6) is -1.43. The highest BCUT2D eigenvalue weighted by Gasteiger charge is 2.20. The predicted molar refractivity (Wildman–Crippen MR) is 82.3 cm³/mol. The van der Waals surface area contributed by atoms with Crippen LogP contribution in [0.5, 0.6) is 0 Å². The van der Waals surface area contributed by atoms with Crippen molar-refractivity contribution in [2.45, 2.75) is 6.92 Å². The van der Waals surface area contributed by atoms with Crippen molar-refractivity contribution in [2.24, 2.45) is 0 Å². The molecule has 0 heterocycles. The molecule has 0 aliphatic rings. The second kappa shape index (κ2) is 6.22. The lowest BCUT2D eigenvalue weighted by atomic mass is 10.1. The minimum atomic E-state index is -0.604. The van der Waals surface area contributed by atoms with E-state index in [0.717, 1.165) is 6.07 Å². The van der Waals surface area contributed by atoms with Crippen LogP contribution in [0.2, 0.25) is 0 Å². The molecule has 2 aromatic carbocycles. The van der Waals surface area contributed by atoms with E-state index in [1.54, 1.807) is 13.0 Å². The first-order valence-electron chi connectivity index (χ1n) is 6.26. The fourth-order valence-corrected chi connectivity index (χ4v) is 2.45. The molecule has 0 aromatic heterocycles. The number of carbonyl (C=O) groups excluding carboxylic acids is 1. The van der Waals surface area contributed by atoms with E-state index in [1.165, 1.54) is 29.2 Å². The molecule has 2 N–H and O–H groups in total. The third-order valence-corrected chi connectivity index (χ3v) is 3.65. The molecule has 0 aliphatic carbocycles. The van der Waals surface area contributed by atoms with Gasteiger partial charge in [0.05, 0.1) is 11.3 Å². The molecule has 0 unspecified atom stereocenters. The molecule has 110 valence electrons. The van der Waals surface area contributed by atoms with Gasteiger partial charge in [0.2, 0.25) is 0 Å². The molecule has 1 amide bonds. The Morgan fingerprint density at radius 3 is 2.62 bits per heavy atom. The number of nitrogen functional groups attached to an aromatic ring is 1. The number of carbonyl (C=O) groups is 1. The smallest absolute Gasteiger partial charge is 0.259 e. The molecule has 0 radical (unpaired) electrons. The highest BCUT2D eigenvalue weighted by Crippen LogP contribution is 2.26. The van der Waals surface area contributed by atoms with Crippen molar-refractivity contribution >= 4 is 33.2 Å². The fourth-order valence-electron chi connectivity index (χ4n) is 1.96. The summed E-state index contributed by atoms with van der Waals surface area (Å²) in [5, 5.41) is 0. The first-order valence-corrected chi connectivity index (χ1v) is 7.05. The second-order valence-electron chi connectivity index (χ2n) is 4.38. The average Bonchev–Trinajstić information content (AvgIpc) is 2.43. The number of nitrogens with zero attached hydrogens (tertiary/aromatic N) is 1. The van der Waals surface area contributed by atoms with Gasteiger partial charge >= 0.3 is 0 Å². The first kappa shape index (κ1) is 15.4. The highest BCUT2D eigenvalue weighted by molar-refractivity contribution is 9.10. The lowest BCUT2D eigenvalue weighted by Crippen LogP contribution is -2.31. The lowest BCUT2D eigenvalue weighted by molar-refractivity contribution is 0.0987. The van der Waals surface area contributed by atoms with Crippen molar-refractivity contribution in [2.75, 3.05) is 17.2 Å². The van der Waals surface area contributed by atoms with Gasteiger partial charge < -0.3 is 10.6 Å². The molecule has 2 aromatic rings. The van der Waals surface area contributed by atoms with Gasteiger partial charge in [0.15, 0.2) is 0 Å². The van der Waals surface area contributed by atoms with Crippen molar-refractivity contribution in [1.29, 1.82) is 0 Å². The summed E-state index contributed by atoms with van der Waals surface area (Å²) in [6, 6.07) is 8.13. The molecule has 0 saturated heterocycles. The van der Waals surface area contributed by atoms with Crippen LogP contribution in [-0.2, 0) is 0 Å². The number of benzene rings is 2. The maximum atomic E-state index is 13.4. The number of rotatable bonds is 3. The van der Waals surface area contributed by atoms with E-state index in [0.29, 0.717) is 16.7 Å². The van der Waals surface area contributed by atoms with Crippen LogP contribution in [0.15, 0.2) is 40.9 Å². The van der Waals surface area contributed by atoms with E-state index in [9.17, 15) is 13.6 Å². The van der Waals surface area contributed by atoms with Crippen LogP contribution in [0, 0.1) is 11.6 Å². The van der Waals surface area contributed by atoms with Crippen molar-refractivity contribution in [1.82, 2.24) is 0 Å². The van der Waals surface area contributed by atoms with Gasteiger partial charge in [-0.05, 0) is 53.2 Å². The number of nitrogens with two attached hydrogens (primary N) is 1. The quantitative estimate of drug-likeness (QED) is 0.847. The van der Waals surface area contributed by atoms with Gasteiger partial charge in [-0.2, -0.15) is 0 Å². The SMILES string of the molecule is CCN(C(=O)c1cc(N)c(F)cc1Br)c1cccc(F)c1. The Morgan fingerprint density at radius 1 is 1.29 bits per heavy atom. The van der Waals surface area contributed by atoms with E-state index < -0.39 is 11.6 Å². The van der Waals surface area contributed by atoms with E-state index >= 15 is 0 Å². The van der Waals surface area contributed by atoms with Crippen LogP contribution in [0.1, 0.15) is 17.3 Å². The normalized spacial score (nSPS) is 10.5. The van der Waals surface area contributed by atoms with Crippen LogP contribution in [0.25, 0.3) is 0 Å². The molecule has 0 fully saturated rings. The molecular formula is C15H13BrF2N2O. The Balaban J connectivity index is 2.44. The van der Waals surface area contributed by atoms with Crippen molar-refractivity contribution in [3.8, 4) is 0 Å². The Morgan fingerprint density at radius 2 is 2.00 bits per heavy atom. The van der Waals surface area contributed by atoms with Crippen LogP contribution in [-0.4, -0.2) is 12.5 Å². The van der Waals surface area contributed by atoms with Gasteiger partial charge in [0, 0.05) is 16.7 Å². The predicted octanol–water partition coefficient (Wildman–Crippen LogP) is 3.98. The zero-order chi connectivity index (χ0) is 15.6. The van der Waals surface area contributed by atoms with Gasteiger partial charge in [-0.25, -0.2) is 8.78 Å². The lowest BCUT2D eigenvalue weighted by Gasteiger charge is -2.22. The topological polar surface area (TPSA) is 46.3 Å². The maximum Gasteiger partial charge on any atom is 0.259 e. The average molecular weight is 355 g/mol. The second-order valence-corrected chi connectivity index (χ2v) is 5.24. The first-order chi connectivity index (χ1) is 9.93. The zero-order valence-electron chi connectivity index (χ0n) is 11.2. The third kappa shape index (κ3) is 3.21. The molecule has 0 spiro atoms. The number of hydrogen-bond acceptors (Lipinski definition) is 2. The number of anilines is 2. The van der Waals surface area contributed by atoms with Gasteiger partial charge in [-0.1, -0.05) is 6.07 Å². The Bertz CT molecular complexity index is 691. The summed E-state index contributed by atoms with van der Waals surface area (Å²) in [5.41, 5.74) is 6.04. The molecule has 0 bridgehead atoms. The fraction of sp³-hybridized carbons (Fsp3) is 0.133. The summed E-state index contributed by atoms with van der Waals surface area (Å²) < 4.78 is 27.0. The van der Waals surface area contributed by atoms with Crippen molar-refractivity contribution < 1.29 is 13.6 Å². The summed E-state index contributed by atoms with van der Waals surface area (Å²) in [6.07, 6.45) is 0. The van der Waals surface area contributed by atoms with E-state index in [4.69, 9.17) is 5.73 Å². The Hall–Kier alpha value is -1.95. The van der Waals surface area contributed by atoms with Crippen molar-refractivity contribution in [3.05, 3.63) is 58.1 Å². The van der Waals surface area contributed by atoms with Gasteiger partial charge in [0.25, 0.3) is 5.91 Å². The molecule has 6 heteroatoms. The van der Waals surface area contributed by atoms with Crippen LogP contribution in [0.3, 0.4) is 0 Å². The van der Waals surface area contributed by atoms with E-state index in [1.807, 2.05) is 0 Å². The number of amides is 1. The standard InChI is InChI=1S/C15H13BrF2N2O/c1-2-20(10-5-3-4-9(17)6-10)15(21)11-7-14(19)13(18)8-12(11)16/h3-8H,2,19H2,1H3. The van der Waals surface area contributed by atoms with Gasteiger partial charge in [0.1, 0.15) is 11.6 Å². The number of hydrogen-bond donors (Lipinski definition) is 1. The summed E-state index contributed by atoms with van der Waals surface area (Å²) in [6.45, 7) is 2.11. The molecular weight excluding hydrogens is 342 g/mol. The van der Waals surface area contributed by atoms with E-state index in [2.05, 4.69) is 15.9 Å². The van der Waals surface area contributed by atoms with Crippen molar-refractivity contribution in [3.63, 3.8) is 0 Å². The molecule has 0 aliphatic heterocycles. The zero-order valence-corrected chi connectivity index (χ0v) is 12.8. The minimum Gasteiger partial charge on any atom is -0.396 e. The molecule has 0 saturated carbocycles. The van der Waals surface area contributed by atoms with Crippen LogP contribution in [0.4, 0.5) is 20.2 Å². The highest BCUT2D eigenvalue weighted by atomic mass is 79.9. The molecule has 0 atom stereocenters. The summed E-state index contributed by atoms with van der Waals surface area (Å²) in [7, 11) is 0. The number of halogens is 3. The summed E-state index contributed by atoms with van der Waals surface area (Å²) in [4.78, 5) is 14.0. The van der Waals surface area contributed by atoms with Gasteiger partial charge in [-0.15, -0.1) is 0 Å². The van der Waals surface area contributed by atoms with E-state index in [-0.39, 0.29) is 17.2 Å². The van der Waals surface area contributed by atoms with Crippen LogP contribution >= 0.6 is 15.9 Å². The maximum absolute atomic E-state index is 13.4.